The molecule has 2 aromatic carbocycles. The van der Waals surface area contributed by atoms with E-state index in [0.717, 1.165) is 31.2 Å². The lowest BCUT2D eigenvalue weighted by molar-refractivity contribution is 0.202. The molecule has 0 spiro atoms. The average molecular weight is 345 g/mol. The second kappa shape index (κ2) is 8.02. The predicted octanol–water partition coefficient (Wildman–Crippen LogP) is 4.62. The Balaban J connectivity index is 1.86. The van der Waals surface area contributed by atoms with Crippen LogP contribution in [0.15, 0.2) is 71.0 Å². The van der Waals surface area contributed by atoms with Gasteiger partial charge in [0.1, 0.15) is 0 Å². The number of halogens is 1. The fraction of sp³-hybridized carbons (Fsp3) is 0.263. The van der Waals surface area contributed by atoms with Crippen LogP contribution in [0.5, 0.6) is 0 Å². The normalized spacial score (nSPS) is 16.9. The first kappa shape index (κ1) is 16.6. The van der Waals surface area contributed by atoms with Crippen molar-refractivity contribution in [2.24, 2.45) is 0 Å². The molecular weight excluding hydrogens is 324 g/mol. The fourth-order valence-corrected chi connectivity index (χ4v) is 3.99. The molecule has 1 fully saturated rings. The Morgan fingerprint density at radius 3 is 2.48 bits per heavy atom. The first-order valence-electron chi connectivity index (χ1n) is 7.87. The lowest BCUT2D eigenvalue weighted by atomic mass is 10.0. The number of nitrogens with one attached hydrogen (secondary N) is 1. The van der Waals surface area contributed by atoms with Crippen molar-refractivity contribution in [3.8, 4) is 0 Å². The highest BCUT2D eigenvalue weighted by atomic mass is 35.5. The monoisotopic (exact) mass is 344 g/mol. The van der Waals surface area contributed by atoms with E-state index in [9.17, 15) is 0 Å². The van der Waals surface area contributed by atoms with Crippen molar-refractivity contribution in [3.05, 3.63) is 71.8 Å². The number of hydrogen-bond acceptors (Lipinski definition) is 3. The largest absolute Gasteiger partial charge is 0.314 e. The van der Waals surface area contributed by atoms with Crippen LogP contribution in [0.3, 0.4) is 0 Å². The minimum Gasteiger partial charge on any atom is -0.314 e. The quantitative estimate of drug-likeness (QED) is 0.796. The average Bonchev–Trinajstić information content (AvgIpc) is 2.60. The highest BCUT2D eigenvalue weighted by Gasteiger charge is 2.21. The van der Waals surface area contributed by atoms with E-state index in [1.807, 2.05) is 12.1 Å². The summed E-state index contributed by atoms with van der Waals surface area (Å²) < 4.78 is 0. The third-order valence-electron chi connectivity index (χ3n) is 4.05. The third-order valence-corrected chi connectivity index (χ3v) is 5.40. The van der Waals surface area contributed by atoms with Crippen molar-refractivity contribution < 1.29 is 0 Å². The van der Waals surface area contributed by atoms with Gasteiger partial charge in [0.25, 0.3) is 0 Å². The number of hydrogen-bond donors (Lipinski definition) is 1. The Morgan fingerprint density at radius 1 is 1.09 bits per heavy atom. The van der Waals surface area contributed by atoms with E-state index >= 15 is 0 Å². The summed E-state index contributed by atoms with van der Waals surface area (Å²) in [5.74, 6) is 0. The van der Waals surface area contributed by atoms with Crippen molar-refractivity contribution in [2.45, 2.75) is 15.8 Å². The van der Waals surface area contributed by atoms with Crippen molar-refractivity contribution in [2.75, 3.05) is 26.2 Å². The smallest absolute Gasteiger partial charge is 0.0541 e. The van der Waals surface area contributed by atoms with E-state index in [1.165, 1.54) is 15.4 Å². The summed E-state index contributed by atoms with van der Waals surface area (Å²) in [7, 11) is 0. The first-order valence-corrected chi connectivity index (χ1v) is 9.07. The highest BCUT2D eigenvalue weighted by molar-refractivity contribution is 7.99. The maximum Gasteiger partial charge on any atom is 0.0541 e. The van der Waals surface area contributed by atoms with Crippen molar-refractivity contribution in [1.82, 2.24) is 10.2 Å². The van der Waals surface area contributed by atoms with Gasteiger partial charge in [0.15, 0.2) is 0 Å². The Bertz CT molecular complexity index is 651. The molecule has 1 saturated heterocycles. The summed E-state index contributed by atoms with van der Waals surface area (Å²) in [5.41, 5.74) is 1.32. The first-order chi connectivity index (χ1) is 11.3. The van der Waals surface area contributed by atoms with Gasteiger partial charge in [-0.1, -0.05) is 47.6 Å². The van der Waals surface area contributed by atoms with Crippen molar-refractivity contribution in [3.63, 3.8) is 0 Å². The number of nitrogens with zero attached hydrogens (tertiary/aromatic N) is 1. The third kappa shape index (κ3) is 4.18. The number of piperazine rings is 1. The van der Waals surface area contributed by atoms with E-state index in [1.54, 1.807) is 11.8 Å². The Morgan fingerprint density at radius 2 is 1.78 bits per heavy atom. The lowest BCUT2D eigenvalue weighted by Gasteiger charge is -2.34. The standard InChI is InChI=1S/C19H21ClN2S/c1-2-18(22-13-11-21-12-14-22)17-5-3-4-6-19(17)23-16-9-7-15(20)8-10-16/h2-10,18,21H,1,11-14H2/t18-/m1/s1. The molecule has 23 heavy (non-hydrogen) atoms. The van der Waals surface area contributed by atoms with Crippen LogP contribution in [0.25, 0.3) is 0 Å². The van der Waals surface area contributed by atoms with Gasteiger partial charge in [-0.2, -0.15) is 0 Å². The summed E-state index contributed by atoms with van der Waals surface area (Å²) in [6.45, 7) is 8.27. The molecule has 1 heterocycles. The summed E-state index contributed by atoms with van der Waals surface area (Å²) in [5, 5.41) is 4.18. The lowest BCUT2D eigenvalue weighted by Crippen LogP contribution is -2.44. The molecule has 2 aromatic rings. The second-order valence-electron chi connectivity index (χ2n) is 5.56. The molecule has 3 rings (SSSR count). The zero-order valence-electron chi connectivity index (χ0n) is 13.0. The molecule has 0 amide bonds. The van der Waals surface area contributed by atoms with E-state index in [0.29, 0.717) is 0 Å². The zero-order chi connectivity index (χ0) is 16.1. The Kier molecular flexibility index (Phi) is 5.79. The molecular formula is C19H21ClN2S. The summed E-state index contributed by atoms with van der Waals surface area (Å²) in [6, 6.07) is 16.9. The van der Waals surface area contributed by atoms with Crippen LogP contribution < -0.4 is 5.32 Å². The van der Waals surface area contributed by atoms with Crippen LogP contribution in [-0.4, -0.2) is 31.1 Å². The summed E-state index contributed by atoms with van der Waals surface area (Å²) in [4.78, 5) is 4.97. The molecule has 1 atom stereocenters. The molecule has 4 heteroatoms. The fourth-order valence-electron chi connectivity index (χ4n) is 2.88. The van der Waals surface area contributed by atoms with Gasteiger partial charge in [0.05, 0.1) is 6.04 Å². The molecule has 1 aliphatic heterocycles. The molecule has 0 bridgehead atoms. The second-order valence-corrected chi connectivity index (χ2v) is 7.11. The molecule has 1 N–H and O–H groups in total. The van der Waals surface area contributed by atoms with Crippen LogP contribution in [-0.2, 0) is 0 Å². The van der Waals surface area contributed by atoms with Crippen molar-refractivity contribution >= 4 is 23.4 Å². The SMILES string of the molecule is C=C[C@H](c1ccccc1Sc1ccc(Cl)cc1)N1CCNCC1. The van der Waals surface area contributed by atoms with Gasteiger partial charge in [-0.15, -0.1) is 6.58 Å². The van der Waals surface area contributed by atoms with Gasteiger partial charge in [-0.3, -0.25) is 4.90 Å². The minimum atomic E-state index is 0.258. The maximum atomic E-state index is 5.99. The summed E-state index contributed by atoms with van der Waals surface area (Å²) in [6.07, 6.45) is 2.06. The molecule has 0 aliphatic carbocycles. The van der Waals surface area contributed by atoms with E-state index in [2.05, 4.69) is 59.3 Å². The van der Waals surface area contributed by atoms with Crippen LogP contribution in [0.4, 0.5) is 0 Å². The molecule has 120 valence electrons. The Hall–Kier alpha value is -1.26. The predicted molar refractivity (Wildman–Crippen MR) is 99.4 cm³/mol. The number of benzene rings is 2. The van der Waals surface area contributed by atoms with Crippen LogP contribution >= 0.6 is 23.4 Å². The van der Waals surface area contributed by atoms with Crippen LogP contribution in [0.2, 0.25) is 5.02 Å². The minimum absolute atomic E-state index is 0.258. The van der Waals surface area contributed by atoms with Crippen molar-refractivity contribution in [1.29, 1.82) is 0 Å². The molecule has 2 nitrogen and oxygen atoms in total. The highest BCUT2D eigenvalue weighted by Crippen LogP contribution is 2.36. The van der Waals surface area contributed by atoms with Gasteiger partial charge < -0.3 is 5.32 Å². The van der Waals surface area contributed by atoms with Gasteiger partial charge in [0, 0.05) is 41.0 Å². The zero-order valence-corrected chi connectivity index (χ0v) is 14.6. The summed E-state index contributed by atoms with van der Waals surface area (Å²) >= 11 is 7.77. The van der Waals surface area contributed by atoms with E-state index in [-0.39, 0.29) is 6.04 Å². The molecule has 0 aromatic heterocycles. The van der Waals surface area contributed by atoms with Crippen LogP contribution in [0, 0.1) is 0 Å². The molecule has 0 saturated carbocycles. The maximum absolute atomic E-state index is 5.99. The van der Waals surface area contributed by atoms with E-state index in [4.69, 9.17) is 11.6 Å². The number of rotatable bonds is 5. The van der Waals surface area contributed by atoms with Gasteiger partial charge >= 0.3 is 0 Å². The topological polar surface area (TPSA) is 15.3 Å². The molecule has 1 aliphatic rings. The van der Waals surface area contributed by atoms with E-state index < -0.39 is 0 Å². The molecule has 0 unspecified atom stereocenters. The van der Waals surface area contributed by atoms with Gasteiger partial charge in [-0.25, -0.2) is 0 Å². The Labute approximate surface area is 147 Å². The van der Waals surface area contributed by atoms with Crippen LogP contribution in [0.1, 0.15) is 11.6 Å². The molecule has 0 radical (unpaired) electrons. The van der Waals surface area contributed by atoms with Gasteiger partial charge in [-0.05, 0) is 35.9 Å². The van der Waals surface area contributed by atoms with Gasteiger partial charge in [0.2, 0.25) is 0 Å².